The Morgan fingerprint density at radius 3 is 2.89 bits per heavy atom. The maximum Gasteiger partial charge on any atom is 0.254 e. The van der Waals surface area contributed by atoms with E-state index in [0.29, 0.717) is 30.9 Å². The van der Waals surface area contributed by atoms with Gasteiger partial charge in [0.1, 0.15) is 0 Å². The highest BCUT2D eigenvalue weighted by atomic mass is 79.9. The molecule has 0 aromatic heterocycles. The van der Waals surface area contributed by atoms with E-state index in [9.17, 15) is 4.79 Å². The number of rotatable bonds is 6. The summed E-state index contributed by atoms with van der Waals surface area (Å²) in [5.74, 6) is -0.0776. The average molecular weight is 313 g/mol. The molecule has 0 aliphatic heterocycles. The number of halogens is 1. The van der Waals surface area contributed by atoms with Crippen LogP contribution < -0.4 is 5.73 Å². The number of anilines is 1. The van der Waals surface area contributed by atoms with Crippen molar-refractivity contribution in [2.24, 2.45) is 0 Å². The van der Waals surface area contributed by atoms with Gasteiger partial charge in [-0.15, -0.1) is 6.58 Å². The van der Waals surface area contributed by atoms with Gasteiger partial charge in [-0.2, -0.15) is 0 Å². The molecule has 4 nitrogen and oxygen atoms in total. The van der Waals surface area contributed by atoms with Crippen molar-refractivity contribution in [1.29, 1.82) is 0 Å². The van der Waals surface area contributed by atoms with Crippen molar-refractivity contribution in [3.05, 3.63) is 40.9 Å². The van der Waals surface area contributed by atoms with Crippen molar-refractivity contribution in [1.82, 2.24) is 4.90 Å². The predicted molar refractivity (Wildman–Crippen MR) is 76.5 cm³/mol. The molecule has 0 unspecified atom stereocenters. The summed E-state index contributed by atoms with van der Waals surface area (Å²) in [7, 11) is 1.61. The van der Waals surface area contributed by atoms with Crippen molar-refractivity contribution >= 4 is 27.5 Å². The van der Waals surface area contributed by atoms with Crippen LogP contribution in [0.25, 0.3) is 0 Å². The summed E-state index contributed by atoms with van der Waals surface area (Å²) in [5, 5.41) is 0. The highest BCUT2D eigenvalue weighted by molar-refractivity contribution is 9.10. The van der Waals surface area contributed by atoms with E-state index in [-0.39, 0.29) is 5.91 Å². The van der Waals surface area contributed by atoms with Gasteiger partial charge in [-0.1, -0.05) is 6.08 Å². The molecule has 0 heterocycles. The molecule has 0 aliphatic rings. The van der Waals surface area contributed by atoms with Gasteiger partial charge in [0.2, 0.25) is 0 Å². The SMILES string of the molecule is C=CCN(CCOC)C(=O)c1ccc(Br)c(N)c1. The number of methoxy groups -OCH3 is 1. The molecule has 2 N–H and O–H groups in total. The topological polar surface area (TPSA) is 55.6 Å². The van der Waals surface area contributed by atoms with E-state index in [1.807, 2.05) is 0 Å². The minimum absolute atomic E-state index is 0.0776. The quantitative estimate of drug-likeness (QED) is 0.648. The Morgan fingerprint density at radius 1 is 1.61 bits per heavy atom. The van der Waals surface area contributed by atoms with Crippen LogP contribution in [0.15, 0.2) is 35.3 Å². The first-order valence-corrected chi connectivity index (χ1v) is 6.33. The maximum absolute atomic E-state index is 12.3. The van der Waals surface area contributed by atoms with Crippen molar-refractivity contribution in [2.45, 2.75) is 0 Å². The maximum atomic E-state index is 12.3. The predicted octanol–water partition coefficient (Wildman–Crippen LogP) is 2.31. The lowest BCUT2D eigenvalue weighted by molar-refractivity contribution is 0.0718. The zero-order valence-corrected chi connectivity index (χ0v) is 11.9. The number of nitrogens with zero attached hydrogens (tertiary/aromatic N) is 1. The summed E-state index contributed by atoms with van der Waals surface area (Å²) in [4.78, 5) is 13.9. The molecule has 98 valence electrons. The minimum atomic E-state index is -0.0776. The Balaban J connectivity index is 2.86. The molecule has 5 heteroatoms. The molecule has 1 aromatic carbocycles. The summed E-state index contributed by atoms with van der Waals surface area (Å²) in [5.41, 5.74) is 6.88. The highest BCUT2D eigenvalue weighted by Crippen LogP contribution is 2.21. The van der Waals surface area contributed by atoms with Crippen LogP contribution in [0.3, 0.4) is 0 Å². The molecule has 0 aliphatic carbocycles. The van der Waals surface area contributed by atoms with E-state index in [1.165, 1.54) is 0 Å². The molecular weight excluding hydrogens is 296 g/mol. The summed E-state index contributed by atoms with van der Waals surface area (Å²) in [6.45, 7) is 5.15. The first-order chi connectivity index (χ1) is 8.60. The van der Waals surface area contributed by atoms with Crippen LogP contribution in [-0.2, 0) is 4.74 Å². The van der Waals surface area contributed by atoms with Crippen molar-refractivity contribution in [3.8, 4) is 0 Å². The van der Waals surface area contributed by atoms with Crippen LogP contribution in [0.4, 0.5) is 5.69 Å². The highest BCUT2D eigenvalue weighted by Gasteiger charge is 2.14. The fourth-order valence-corrected chi connectivity index (χ4v) is 1.74. The summed E-state index contributed by atoms with van der Waals surface area (Å²) < 4.78 is 5.77. The molecule has 1 rings (SSSR count). The van der Waals surface area contributed by atoms with Crippen molar-refractivity contribution in [2.75, 3.05) is 32.5 Å². The normalized spacial score (nSPS) is 10.1. The smallest absolute Gasteiger partial charge is 0.254 e. The van der Waals surface area contributed by atoms with E-state index in [0.717, 1.165) is 4.47 Å². The molecule has 0 atom stereocenters. The third kappa shape index (κ3) is 3.85. The molecular formula is C13H17BrN2O2. The number of benzene rings is 1. The van der Waals surface area contributed by atoms with Gasteiger partial charge in [0.05, 0.1) is 6.61 Å². The first-order valence-electron chi connectivity index (χ1n) is 5.54. The van der Waals surface area contributed by atoms with Crippen molar-refractivity contribution in [3.63, 3.8) is 0 Å². The third-order valence-electron chi connectivity index (χ3n) is 2.44. The summed E-state index contributed by atoms with van der Waals surface area (Å²) in [6, 6.07) is 5.17. The van der Waals surface area contributed by atoms with Gasteiger partial charge in [-0.05, 0) is 34.1 Å². The van der Waals surface area contributed by atoms with Crippen LogP contribution in [0.1, 0.15) is 10.4 Å². The second kappa shape index (κ2) is 7.18. The first kappa shape index (κ1) is 14.7. The lowest BCUT2D eigenvalue weighted by atomic mass is 10.1. The van der Waals surface area contributed by atoms with Gasteiger partial charge in [0, 0.05) is 35.9 Å². The van der Waals surface area contributed by atoms with E-state index in [2.05, 4.69) is 22.5 Å². The van der Waals surface area contributed by atoms with Gasteiger partial charge >= 0.3 is 0 Å². The van der Waals surface area contributed by atoms with Crippen LogP contribution in [0, 0.1) is 0 Å². The van der Waals surface area contributed by atoms with Gasteiger partial charge in [0.15, 0.2) is 0 Å². The van der Waals surface area contributed by atoms with E-state index in [4.69, 9.17) is 10.5 Å². The van der Waals surface area contributed by atoms with Gasteiger partial charge in [-0.3, -0.25) is 4.79 Å². The molecule has 0 spiro atoms. The Labute approximate surface area is 116 Å². The second-order valence-electron chi connectivity index (χ2n) is 3.77. The zero-order valence-electron chi connectivity index (χ0n) is 10.4. The Bertz CT molecular complexity index is 435. The largest absolute Gasteiger partial charge is 0.398 e. The van der Waals surface area contributed by atoms with E-state index in [1.54, 1.807) is 36.3 Å². The van der Waals surface area contributed by atoms with Crippen LogP contribution >= 0.6 is 15.9 Å². The molecule has 0 bridgehead atoms. The van der Waals surface area contributed by atoms with Crippen LogP contribution in [-0.4, -0.2) is 37.6 Å². The molecule has 0 saturated heterocycles. The van der Waals surface area contributed by atoms with Gasteiger partial charge in [-0.25, -0.2) is 0 Å². The Kier molecular flexibility index (Phi) is 5.88. The second-order valence-corrected chi connectivity index (χ2v) is 4.62. The zero-order chi connectivity index (χ0) is 13.5. The van der Waals surface area contributed by atoms with Crippen LogP contribution in [0.2, 0.25) is 0 Å². The fraction of sp³-hybridized carbons (Fsp3) is 0.308. The van der Waals surface area contributed by atoms with Crippen molar-refractivity contribution < 1.29 is 9.53 Å². The van der Waals surface area contributed by atoms with Gasteiger partial charge in [0.25, 0.3) is 5.91 Å². The number of hydrogen-bond acceptors (Lipinski definition) is 3. The molecule has 0 radical (unpaired) electrons. The number of nitrogens with two attached hydrogens (primary N) is 1. The monoisotopic (exact) mass is 312 g/mol. The average Bonchev–Trinajstić information content (AvgIpc) is 2.37. The Hall–Kier alpha value is -1.33. The Morgan fingerprint density at radius 2 is 2.33 bits per heavy atom. The lowest BCUT2D eigenvalue weighted by Crippen LogP contribution is -2.34. The summed E-state index contributed by atoms with van der Waals surface area (Å²) >= 11 is 3.30. The molecule has 0 saturated carbocycles. The van der Waals surface area contributed by atoms with E-state index >= 15 is 0 Å². The minimum Gasteiger partial charge on any atom is -0.398 e. The number of amides is 1. The fourth-order valence-electron chi connectivity index (χ4n) is 1.49. The van der Waals surface area contributed by atoms with E-state index < -0.39 is 0 Å². The number of hydrogen-bond donors (Lipinski definition) is 1. The summed E-state index contributed by atoms with van der Waals surface area (Å²) in [6.07, 6.45) is 1.69. The molecule has 1 amide bonds. The standard InChI is InChI=1S/C13H17BrN2O2/c1-3-6-16(7-8-18-2)13(17)10-4-5-11(14)12(15)9-10/h3-5,9H,1,6-8,15H2,2H3. The number of ether oxygens (including phenoxy) is 1. The molecule has 18 heavy (non-hydrogen) atoms. The number of carbonyl (C=O) groups excluding carboxylic acids is 1. The number of carbonyl (C=O) groups is 1. The molecule has 1 aromatic rings. The molecule has 0 fully saturated rings. The third-order valence-corrected chi connectivity index (χ3v) is 3.17. The lowest BCUT2D eigenvalue weighted by Gasteiger charge is -2.21. The number of nitrogen functional groups attached to an aromatic ring is 1. The van der Waals surface area contributed by atoms with Crippen LogP contribution in [0.5, 0.6) is 0 Å². The van der Waals surface area contributed by atoms with Gasteiger partial charge < -0.3 is 15.4 Å².